The molecule has 4 nitrogen and oxygen atoms in total. The SMILES string of the molecule is COc1cc(C[C@@H](C)O)on1. The number of nitrogens with zero attached hydrogens (tertiary/aromatic N) is 1. The van der Waals surface area contributed by atoms with E-state index >= 15 is 0 Å². The zero-order chi connectivity index (χ0) is 8.27. The topological polar surface area (TPSA) is 55.5 Å². The standard InChI is InChI=1S/C7H11NO3/c1-5(9)3-6-4-7(10-2)8-11-6/h4-5,9H,3H2,1-2H3/t5-/m1/s1. The minimum Gasteiger partial charge on any atom is -0.479 e. The highest BCUT2D eigenvalue weighted by molar-refractivity contribution is 5.11. The molecule has 0 unspecified atom stereocenters. The lowest BCUT2D eigenvalue weighted by molar-refractivity contribution is 0.182. The first-order valence-electron chi connectivity index (χ1n) is 3.40. The van der Waals surface area contributed by atoms with Gasteiger partial charge in [0.05, 0.1) is 13.2 Å². The van der Waals surface area contributed by atoms with Crippen molar-refractivity contribution in [1.82, 2.24) is 5.16 Å². The predicted octanol–water partition coefficient (Wildman–Crippen LogP) is 0.606. The third-order valence-electron chi connectivity index (χ3n) is 1.24. The predicted molar refractivity (Wildman–Crippen MR) is 38.4 cm³/mol. The first-order valence-corrected chi connectivity index (χ1v) is 3.40. The number of aromatic nitrogens is 1. The maximum atomic E-state index is 8.96. The second-order valence-corrected chi connectivity index (χ2v) is 2.39. The van der Waals surface area contributed by atoms with Crippen LogP contribution in [0.2, 0.25) is 0 Å². The smallest absolute Gasteiger partial charge is 0.254 e. The fourth-order valence-corrected chi connectivity index (χ4v) is 0.778. The van der Waals surface area contributed by atoms with Crippen LogP contribution in [0, 0.1) is 0 Å². The summed E-state index contributed by atoms with van der Waals surface area (Å²) in [7, 11) is 1.52. The average Bonchev–Trinajstić information content (AvgIpc) is 2.34. The molecule has 0 aliphatic rings. The van der Waals surface area contributed by atoms with E-state index in [9.17, 15) is 0 Å². The summed E-state index contributed by atoms with van der Waals surface area (Å²) in [6.07, 6.45) is 0.0590. The van der Waals surface area contributed by atoms with Crippen LogP contribution in [0.3, 0.4) is 0 Å². The van der Waals surface area contributed by atoms with Gasteiger partial charge >= 0.3 is 0 Å². The molecule has 0 amide bonds. The van der Waals surface area contributed by atoms with E-state index in [0.29, 0.717) is 18.1 Å². The number of aliphatic hydroxyl groups excluding tert-OH is 1. The fourth-order valence-electron chi connectivity index (χ4n) is 0.778. The molecule has 1 rings (SSSR count). The summed E-state index contributed by atoms with van der Waals surface area (Å²) >= 11 is 0. The summed E-state index contributed by atoms with van der Waals surface area (Å²) in [6.45, 7) is 1.69. The number of ether oxygens (including phenoxy) is 1. The van der Waals surface area contributed by atoms with Gasteiger partial charge in [-0.2, -0.15) is 0 Å². The molecule has 62 valence electrons. The van der Waals surface area contributed by atoms with Gasteiger partial charge < -0.3 is 14.4 Å². The summed E-state index contributed by atoms with van der Waals surface area (Å²) in [5.74, 6) is 1.08. The van der Waals surface area contributed by atoms with E-state index in [0.717, 1.165) is 0 Å². The molecule has 0 saturated heterocycles. The third kappa shape index (κ3) is 2.23. The Kier molecular flexibility index (Phi) is 2.48. The van der Waals surface area contributed by atoms with E-state index in [1.54, 1.807) is 13.0 Å². The van der Waals surface area contributed by atoms with Gasteiger partial charge in [-0.25, -0.2) is 0 Å². The zero-order valence-corrected chi connectivity index (χ0v) is 6.57. The van der Waals surface area contributed by atoms with Crippen LogP contribution in [0.4, 0.5) is 0 Å². The Labute approximate surface area is 64.8 Å². The van der Waals surface area contributed by atoms with Crippen LogP contribution in [0.1, 0.15) is 12.7 Å². The average molecular weight is 157 g/mol. The van der Waals surface area contributed by atoms with Crippen LogP contribution in [0.5, 0.6) is 5.88 Å². The summed E-state index contributed by atoms with van der Waals surface area (Å²) < 4.78 is 9.62. The molecule has 0 aromatic carbocycles. The first-order chi connectivity index (χ1) is 5.22. The van der Waals surface area contributed by atoms with Gasteiger partial charge in [0.25, 0.3) is 5.88 Å². The Balaban J connectivity index is 2.58. The molecule has 0 fully saturated rings. The second kappa shape index (κ2) is 3.39. The monoisotopic (exact) mass is 157 g/mol. The molecule has 1 atom stereocenters. The van der Waals surface area contributed by atoms with Crippen molar-refractivity contribution in [2.75, 3.05) is 7.11 Å². The molecule has 0 radical (unpaired) electrons. The van der Waals surface area contributed by atoms with E-state index in [1.807, 2.05) is 0 Å². The molecule has 0 spiro atoms. The van der Waals surface area contributed by atoms with Gasteiger partial charge in [-0.15, -0.1) is 0 Å². The van der Waals surface area contributed by atoms with Crippen LogP contribution in [-0.4, -0.2) is 23.5 Å². The largest absolute Gasteiger partial charge is 0.479 e. The Morgan fingerprint density at radius 3 is 3.00 bits per heavy atom. The number of hydrogen-bond acceptors (Lipinski definition) is 4. The van der Waals surface area contributed by atoms with E-state index in [1.165, 1.54) is 7.11 Å². The molecule has 1 aromatic heterocycles. The molecule has 0 aliphatic heterocycles. The van der Waals surface area contributed by atoms with E-state index < -0.39 is 6.10 Å². The molecule has 11 heavy (non-hydrogen) atoms. The van der Waals surface area contributed by atoms with Gasteiger partial charge in [0.2, 0.25) is 0 Å². The van der Waals surface area contributed by atoms with Crippen LogP contribution in [0.25, 0.3) is 0 Å². The van der Waals surface area contributed by atoms with Crippen molar-refractivity contribution in [2.24, 2.45) is 0 Å². The fraction of sp³-hybridized carbons (Fsp3) is 0.571. The summed E-state index contributed by atoms with van der Waals surface area (Å²) in [6, 6.07) is 1.66. The molecule has 1 N–H and O–H groups in total. The molecule has 1 heterocycles. The van der Waals surface area contributed by atoms with Crippen molar-refractivity contribution in [2.45, 2.75) is 19.4 Å². The molecule has 1 aromatic rings. The zero-order valence-electron chi connectivity index (χ0n) is 6.57. The highest BCUT2D eigenvalue weighted by Crippen LogP contribution is 2.11. The van der Waals surface area contributed by atoms with Gasteiger partial charge in [-0.3, -0.25) is 0 Å². The van der Waals surface area contributed by atoms with Crippen molar-refractivity contribution in [3.05, 3.63) is 11.8 Å². The lowest BCUT2D eigenvalue weighted by Gasteiger charge is -1.96. The van der Waals surface area contributed by atoms with Crippen molar-refractivity contribution in [3.63, 3.8) is 0 Å². The summed E-state index contributed by atoms with van der Waals surface area (Å²) in [4.78, 5) is 0. The van der Waals surface area contributed by atoms with Crippen LogP contribution < -0.4 is 4.74 Å². The first kappa shape index (κ1) is 8.07. The second-order valence-electron chi connectivity index (χ2n) is 2.39. The van der Waals surface area contributed by atoms with Gasteiger partial charge in [0.1, 0.15) is 5.76 Å². The Morgan fingerprint density at radius 1 is 1.82 bits per heavy atom. The number of methoxy groups -OCH3 is 1. The van der Waals surface area contributed by atoms with Gasteiger partial charge in [-0.1, -0.05) is 0 Å². The van der Waals surface area contributed by atoms with Crippen molar-refractivity contribution < 1.29 is 14.4 Å². The van der Waals surface area contributed by atoms with Crippen LogP contribution in [0.15, 0.2) is 10.6 Å². The summed E-state index contributed by atoms with van der Waals surface area (Å²) in [5.41, 5.74) is 0. The van der Waals surface area contributed by atoms with Gasteiger partial charge in [0.15, 0.2) is 0 Å². The Morgan fingerprint density at radius 2 is 2.55 bits per heavy atom. The lowest BCUT2D eigenvalue weighted by Crippen LogP contribution is -2.02. The maximum absolute atomic E-state index is 8.96. The minimum atomic E-state index is -0.410. The normalized spacial score (nSPS) is 13.0. The molecular formula is C7H11NO3. The minimum absolute atomic E-state index is 0.410. The quantitative estimate of drug-likeness (QED) is 0.698. The van der Waals surface area contributed by atoms with Crippen molar-refractivity contribution in [1.29, 1.82) is 0 Å². The molecule has 0 aliphatic carbocycles. The number of aliphatic hydroxyl groups is 1. The maximum Gasteiger partial charge on any atom is 0.254 e. The van der Waals surface area contributed by atoms with Gasteiger partial charge in [0, 0.05) is 12.5 Å². The highest BCUT2D eigenvalue weighted by atomic mass is 16.5. The molecule has 0 bridgehead atoms. The number of hydrogen-bond donors (Lipinski definition) is 1. The van der Waals surface area contributed by atoms with Crippen molar-refractivity contribution in [3.8, 4) is 5.88 Å². The molecular weight excluding hydrogens is 146 g/mol. The third-order valence-corrected chi connectivity index (χ3v) is 1.24. The Bertz CT molecular complexity index is 219. The van der Waals surface area contributed by atoms with E-state index in [-0.39, 0.29) is 0 Å². The Hall–Kier alpha value is -1.03. The van der Waals surface area contributed by atoms with E-state index in [2.05, 4.69) is 5.16 Å². The van der Waals surface area contributed by atoms with Crippen LogP contribution in [-0.2, 0) is 6.42 Å². The molecule has 0 saturated carbocycles. The van der Waals surface area contributed by atoms with Gasteiger partial charge in [-0.05, 0) is 12.1 Å². The van der Waals surface area contributed by atoms with Crippen molar-refractivity contribution >= 4 is 0 Å². The number of rotatable bonds is 3. The van der Waals surface area contributed by atoms with Crippen LogP contribution >= 0.6 is 0 Å². The highest BCUT2D eigenvalue weighted by Gasteiger charge is 2.05. The lowest BCUT2D eigenvalue weighted by atomic mass is 10.2. The van der Waals surface area contributed by atoms with E-state index in [4.69, 9.17) is 14.4 Å². The molecule has 4 heteroatoms. The summed E-state index contributed by atoms with van der Waals surface area (Å²) in [5, 5.41) is 12.5.